The number of nitrogens with zero attached hydrogens (tertiary/aromatic N) is 3. The fourth-order valence-electron chi connectivity index (χ4n) is 3.38. The summed E-state index contributed by atoms with van der Waals surface area (Å²) in [7, 11) is 1.65. The largest absolute Gasteiger partial charge is 0.497 e. The minimum absolute atomic E-state index is 0.0773. The van der Waals surface area contributed by atoms with Crippen LogP contribution in [-0.2, 0) is 4.74 Å². The third-order valence-electron chi connectivity index (χ3n) is 4.91. The van der Waals surface area contributed by atoms with Crippen molar-refractivity contribution in [1.29, 1.82) is 5.26 Å². The van der Waals surface area contributed by atoms with E-state index in [0.29, 0.717) is 31.4 Å². The fourth-order valence-corrected chi connectivity index (χ4v) is 3.38. The van der Waals surface area contributed by atoms with Crippen molar-refractivity contribution in [3.8, 4) is 23.5 Å². The third kappa shape index (κ3) is 4.26. The van der Waals surface area contributed by atoms with Gasteiger partial charge < -0.3 is 23.6 Å². The molecule has 3 heterocycles. The number of benzene rings is 1. The number of oxazole rings is 1. The monoisotopic (exact) mass is 394 g/mol. The lowest BCUT2D eigenvalue weighted by Crippen LogP contribution is -2.41. The van der Waals surface area contributed by atoms with Gasteiger partial charge in [-0.05, 0) is 29.8 Å². The number of hydrogen-bond acceptors (Lipinski definition) is 8. The molecule has 1 fully saturated rings. The smallest absolute Gasteiger partial charge is 0.266 e. The summed E-state index contributed by atoms with van der Waals surface area (Å²) in [5, 5.41) is 12.7. The van der Waals surface area contributed by atoms with E-state index in [9.17, 15) is 5.26 Å². The van der Waals surface area contributed by atoms with E-state index >= 15 is 0 Å². The van der Waals surface area contributed by atoms with Crippen LogP contribution in [0.5, 0.6) is 5.75 Å². The number of furan rings is 1. The van der Waals surface area contributed by atoms with Crippen LogP contribution in [0.25, 0.3) is 11.7 Å². The number of hydrogen-bond donors (Lipinski definition) is 1. The Labute approximate surface area is 168 Å². The van der Waals surface area contributed by atoms with E-state index in [1.807, 2.05) is 12.1 Å². The summed E-state index contributed by atoms with van der Waals surface area (Å²) < 4.78 is 21.9. The second-order valence-electron chi connectivity index (χ2n) is 6.60. The number of anilines is 1. The minimum Gasteiger partial charge on any atom is -0.497 e. The van der Waals surface area contributed by atoms with Crippen molar-refractivity contribution in [2.24, 2.45) is 0 Å². The van der Waals surface area contributed by atoms with Gasteiger partial charge in [-0.2, -0.15) is 10.2 Å². The Hall–Kier alpha value is -3.28. The van der Waals surface area contributed by atoms with E-state index in [0.717, 1.165) is 24.4 Å². The quantitative estimate of drug-likeness (QED) is 0.652. The predicted octanol–water partition coefficient (Wildman–Crippen LogP) is 3.30. The predicted molar refractivity (Wildman–Crippen MR) is 106 cm³/mol. The highest BCUT2D eigenvalue weighted by molar-refractivity contribution is 5.54. The van der Waals surface area contributed by atoms with Gasteiger partial charge in [-0.15, -0.1) is 0 Å². The van der Waals surface area contributed by atoms with Crippen LogP contribution in [0.2, 0.25) is 0 Å². The molecule has 1 N–H and O–H groups in total. The Bertz CT molecular complexity index is 954. The van der Waals surface area contributed by atoms with Gasteiger partial charge in [-0.25, -0.2) is 0 Å². The zero-order chi connectivity index (χ0) is 20.1. The first-order chi connectivity index (χ1) is 14.3. The first-order valence-electron chi connectivity index (χ1n) is 9.43. The van der Waals surface area contributed by atoms with Crippen molar-refractivity contribution in [3.05, 3.63) is 53.9 Å². The van der Waals surface area contributed by atoms with Crippen LogP contribution in [0, 0.1) is 11.3 Å². The summed E-state index contributed by atoms with van der Waals surface area (Å²) >= 11 is 0. The van der Waals surface area contributed by atoms with Crippen molar-refractivity contribution < 1.29 is 18.3 Å². The first-order valence-corrected chi connectivity index (χ1v) is 9.43. The molecule has 0 amide bonds. The minimum atomic E-state index is 0.0773. The van der Waals surface area contributed by atoms with Crippen LogP contribution >= 0.6 is 0 Å². The maximum atomic E-state index is 9.43. The van der Waals surface area contributed by atoms with Crippen molar-refractivity contribution in [2.45, 2.75) is 6.04 Å². The molecule has 1 atom stereocenters. The number of nitrogens with one attached hydrogen (secondary N) is 1. The van der Waals surface area contributed by atoms with Gasteiger partial charge in [-0.1, -0.05) is 12.1 Å². The first kappa shape index (κ1) is 19.1. The lowest BCUT2D eigenvalue weighted by molar-refractivity contribution is 0.0186. The molecule has 8 nitrogen and oxygen atoms in total. The zero-order valence-electron chi connectivity index (χ0n) is 16.1. The summed E-state index contributed by atoms with van der Waals surface area (Å²) in [6.45, 7) is 3.60. The normalized spacial score (nSPS) is 15.6. The Kier molecular flexibility index (Phi) is 5.79. The Balaban J connectivity index is 1.55. The summed E-state index contributed by atoms with van der Waals surface area (Å²) in [5.74, 6) is 1.91. The number of aromatic nitrogens is 1. The highest BCUT2D eigenvalue weighted by Gasteiger charge is 2.24. The molecule has 29 heavy (non-hydrogen) atoms. The maximum Gasteiger partial charge on any atom is 0.266 e. The molecule has 0 aliphatic carbocycles. The zero-order valence-corrected chi connectivity index (χ0v) is 16.1. The topological polar surface area (TPSA) is 96.7 Å². The maximum absolute atomic E-state index is 9.43. The van der Waals surface area contributed by atoms with Crippen LogP contribution in [0.1, 0.15) is 17.3 Å². The second kappa shape index (κ2) is 8.82. The Morgan fingerprint density at radius 3 is 2.69 bits per heavy atom. The fraction of sp³-hybridized carbons (Fsp3) is 0.333. The average Bonchev–Trinajstić information content (AvgIpc) is 3.45. The molecule has 2 aromatic heterocycles. The molecule has 3 aromatic rings. The summed E-state index contributed by atoms with van der Waals surface area (Å²) in [6.07, 6.45) is 1.54. The SMILES string of the molecule is COc1ccc(C(CNc2oc(-c3ccco3)nc2C#N)N2CCOCC2)cc1. The van der Waals surface area contributed by atoms with Crippen LogP contribution in [0.15, 0.2) is 51.5 Å². The van der Waals surface area contributed by atoms with E-state index in [1.165, 1.54) is 6.26 Å². The average molecular weight is 394 g/mol. The number of nitriles is 1. The molecule has 0 radical (unpaired) electrons. The molecule has 1 unspecified atom stereocenters. The number of ether oxygens (including phenoxy) is 2. The van der Waals surface area contributed by atoms with E-state index in [2.05, 4.69) is 33.4 Å². The van der Waals surface area contributed by atoms with E-state index in [-0.39, 0.29) is 17.6 Å². The van der Waals surface area contributed by atoms with Gasteiger partial charge in [0, 0.05) is 19.6 Å². The highest BCUT2D eigenvalue weighted by Crippen LogP contribution is 2.28. The molecule has 0 saturated carbocycles. The van der Waals surface area contributed by atoms with Crippen LogP contribution in [0.3, 0.4) is 0 Å². The third-order valence-corrected chi connectivity index (χ3v) is 4.91. The standard InChI is InChI=1S/C21H22N4O4/c1-26-16-6-4-15(5-7-16)18(25-8-11-27-12-9-25)14-23-20-17(13-22)24-21(29-20)19-3-2-10-28-19/h2-7,10,18,23H,8-9,11-12,14H2,1H3. The van der Waals surface area contributed by atoms with E-state index < -0.39 is 0 Å². The highest BCUT2D eigenvalue weighted by atomic mass is 16.5. The van der Waals surface area contributed by atoms with Gasteiger partial charge >= 0.3 is 0 Å². The van der Waals surface area contributed by atoms with Crippen molar-refractivity contribution in [3.63, 3.8) is 0 Å². The molecule has 1 aromatic carbocycles. The molecule has 0 spiro atoms. The van der Waals surface area contributed by atoms with Gasteiger partial charge in [0.05, 0.1) is 32.6 Å². The number of rotatable bonds is 7. The second-order valence-corrected chi connectivity index (χ2v) is 6.60. The Morgan fingerprint density at radius 1 is 1.24 bits per heavy atom. The molecular weight excluding hydrogens is 372 g/mol. The summed E-state index contributed by atoms with van der Waals surface area (Å²) in [4.78, 5) is 6.58. The number of methoxy groups -OCH3 is 1. The molecule has 1 aliphatic heterocycles. The molecule has 1 aliphatic rings. The summed E-state index contributed by atoms with van der Waals surface area (Å²) in [5.41, 5.74) is 1.34. The lowest BCUT2D eigenvalue weighted by Gasteiger charge is -2.35. The van der Waals surface area contributed by atoms with Gasteiger partial charge in [0.1, 0.15) is 11.8 Å². The van der Waals surface area contributed by atoms with Crippen molar-refractivity contribution in [2.75, 3.05) is 45.3 Å². The van der Waals surface area contributed by atoms with Crippen LogP contribution < -0.4 is 10.1 Å². The lowest BCUT2D eigenvalue weighted by atomic mass is 10.0. The summed E-state index contributed by atoms with van der Waals surface area (Å²) in [6, 6.07) is 13.7. The van der Waals surface area contributed by atoms with E-state index in [4.69, 9.17) is 18.3 Å². The molecule has 150 valence electrons. The van der Waals surface area contributed by atoms with Gasteiger partial charge in [-0.3, -0.25) is 4.90 Å². The van der Waals surface area contributed by atoms with Crippen LogP contribution in [0.4, 0.5) is 5.88 Å². The van der Waals surface area contributed by atoms with Gasteiger partial charge in [0.25, 0.3) is 5.89 Å². The van der Waals surface area contributed by atoms with Crippen molar-refractivity contribution >= 4 is 5.88 Å². The molecule has 8 heteroatoms. The van der Waals surface area contributed by atoms with Gasteiger partial charge in [0.15, 0.2) is 5.76 Å². The van der Waals surface area contributed by atoms with Crippen LogP contribution in [-0.4, -0.2) is 49.8 Å². The van der Waals surface area contributed by atoms with Gasteiger partial charge in [0.2, 0.25) is 11.6 Å². The molecule has 1 saturated heterocycles. The molecule has 4 rings (SSSR count). The molecular formula is C21H22N4O4. The van der Waals surface area contributed by atoms with E-state index in [1.54, 1.807) is 19.2 Å². The van der Waals surface area contributed by atoms with Crippen molar-refractivity contribution in [1.82, 2.24) is 9.88 Å². The Morgan fingerprint density at radius 2 is 2.03 bits per heavy atom. The number of morpholine rings is 1. The molecule has 0 bridgehead atoms.